The van der Waals surface area contributed by atoms with E-state index in [0.29, 0.717) is 5.69 Å². The van der Waals surface area contributed by atoms with Gasteiger partial charge in [0, 0.05) is 42.0 Å². The molecule has 0 amide bonds. The number of aryl methyl sites for hydroxylation is 1. The first kappa shape index (κ1) is 17.2. The van der Waals surface area contributed by atoms with Crippen LogP contribution in [-0.2, 0) is 17.1 Å². The van der Waals surface area contributed by atoms with Gasteiger partial charge in [-0.25, -0.2) is 8.42 Å². The van der Waals surface area contributed by atoms with Crippen molar-refractivity contribution < 1.29 is 18.6 Å². The average Bonchev–Trinajstić information content (AvgIpc) is 2.93. The second-order valence-electron chi connectivity index (χ2n) is 6.40. The van der Waals surface area contributed by atoms with E-state index in [4.69, 9.17) is 0 Å². The number of anilines is 1. The lowest BCUT2D eigenvalue weighted by molar-refractivity contribution is 0.439. The number of para-hydroxylation sites is 1. The van der Waals surface area contributed by atoms with E-state index in [1.165, 1.54) is 19.2 Å². The van der Waals surface area contributed by atoms with Crippen molar-refractivity contribution in [3.8, 4) is 11.5 Å². The minimum atomic E-state index is -3.99. The van der Waals surface area contributed by atoms with Crippen LogP contribution in [0.4, 0.5) is 5.69 Å². The zero-order valence-corrected chi connectivity index (χ0v) is 15.6. The number of rotatable bonds is 3. The molecule has 0 saturated carbocycles. The lowest BCUT2D eigenvalue weighted by Crippen LogP contribution is -2.26. The topological polar surface area (TPSA) is 82.8 Å². The van der Waals surface area contributed by atoms with Crippen molar-refractivity contribution in [2.24, 2.45) is 7.05 Å². The number of hydrogen-bond donors (Lipinski definition) is 2. The number of benzene rings is 3. The Kier molecular flexibility index (Phi) is 3.78. The second-order valence-corrected chi connectivity index (χ2v) is 8.34. The molecular weight excluding hydrogens is 364 g/mol. The van der Waals surface area contributed by atoms with Crippen LogP contribution in [0, 0.1) is 0 Å². The number of sulfonamides is 1. The first-order chi connectivity index (χ1) is 12.8. The third-order valence-corrected chi connectivity index (χ3v) is 6.67. The number of fused-ring (bicyclic) bond motifs is 3. The van der Waals surface area contributed by atoms with Gasteiger partial charge in [-0.3, -0.25) is 4.31 Å². The molecule has 0 radical (unpaired) electrons. The maximum atomic E-state index is 12.9. The number of aromatic hydroxyl groups is 2. The smallest absolute Gasteiger partial charge is 0.267 e. The Labute approximate surface area is 156 Å². The molecule has 0 aliphatic rings. The minimum absolute atomic E-state index is 0.203. The van der Waals surface area contributed by atoms with E-state index in [1.807, 2.05) is 43.4 Å². The van der Waals surface area contributed by atoms with Gasteiger partial charge >= 0.3 is 0 Å². The van der Waals surface area contributed by atoms with E-state index in [9.17, 15) is 18.6 Å². The van der Waals surface area contributed by atoms with E-state index in [2.05, 4.69) is 4.57 Å². The molecule has 4 aromatic rings. The maximum absolute atomic E-state index is 12.9. The first-order valence-electron chi connectivity index (χ1n) is 8.29. The lowest BCUT2D eigenvalue weighted by atomic mass is 10.1. The molecule has 1 heterocycles. The normalized spacial score (nSPS) is 11.9. The van der Waals surface area contributed by atoms with Crippen molar-refractivity contribution in [3.05, 3.63) is 60.7 Å². The Bertz CT molecular complexity index is 1290. The third-order valence-electron chi connectivity index (χ3n) is 4.84. The fraction of sp³-hybridized carbons (Fsp3) is 0.100. The molecule has 6 nitrogen and oxygen atoms in total. The van der Waals surface area contributed by atoms with Gasteiger partial charge in [-0.15, -0.1) is 0 Å². The molecule has 138 valence electrons. The van der Waals surface area contributed by atoms with Gasteiger partial charge in [0.2, 0.25) is 0 Å². The van der Waals surface area contributed by atoms with Crippen molar-refractivity contribution in [1.29, 1.82) is 0 Å². The molecule has 3 aromatic carbocycles. The predicted molar refractivity (Wildman–Crippen MR) is 106 cm³/mol. The van der Waals surface area contributed by atoms with E-state index in [1.54, 1.807) is 6.07 Å². The summed E-state index contributed by atoms with van der Waals surface area (Å²) in [5, 5.41) is 21.4. The van der Waals surface area contributed by atoms with Crippen molar-refractivity contribution in [3.63, 3.8) is 0 Å². The molecule has 0 atom stereocenters. The summed E-state index contributed by atoms with van der Waals surface area (Å²) in [5.74, 6) is -0.695. The molecule has 2 N–H and O–H groups in total. The first-order valence-corrected chi connectivity index (χ1v) is 9.73. The Morgan fingerprint density at radius 1 is 0.889 bits per heavy atom. The standard InChI is InChI=1S/C20H18N2O4S/c1-21-17-6-4-3-5-15(17)16-11-13(7-9-18(16)21)22(2)27(25,26)20-10-8-14(23)12-19(20)24/h3-12,23-24H,1-2H3. The predicted octanol–water partition coefficient (Wildman–Crippen LogP) is 3.57. The minimum Gasteiger partial charge on any atom is -0.508 e. The van der Waals surface area contributed by atoms with E-state index in [-0.39, 0.29) is 10.6 Å². The highest BCUT2D eigenvalue weighted by Crippen LogP contribution is 2.34. The Morgan fingerprint density at radius 3 is 2.33 bits per heavy atom. The summed E-state index contributed by atoms with van der Waals surface area (Å²) < 4.78 is 29.1. The van der Waals surface area contributed by atoms with Crippen molar-refractivity contribution in [1.82, 2.24) is 4.57 Å². The average molecular weight is 382 g/mol. The number of hydrogen-bond acceptors (Lipinski definition) is 4. The Balaban J connectivity index is 1.87. The zero-order valence-electron chi connectivity index (χ0n) is 14.8. The van der Waals surface area contributed by atoms with E-state index >= 15 is 0 Å². The summed E-state index contributed by atoms with van der Waals surface area (Å²) in [5.41, 5.74) is 2.54. The van der Waals surface area contributed by atoms with Gasteiger partial charge in [0.15, 0.2) is 0 Å². The zero-order chi connectivity index (χ0) is 19.3. The van der Waals surface area contributed by atoms with Crippen molar-refractivity contribution in [2.75, 3.05) is 11.4 Å². The van der Waals surface area contributed by atoms with Crippen LogP contribution >= 0.6 is 0 Å². The fourth-order valence-electron chi connectivity index (χ4n) is 3.36. The highest BCUT2D eigenvalue weighted by atomic mass is 32.2. The van der Waals surface area contributed by atoms with Gasteiger partial charge in [-0.1, -0.05) is 18.2 Å². The van der Waals surface area contributed by atoms with Gasteiger partial charge in [-0.2, -0.15) is 0 Å². The molecule has 27 heavy (non-hydrogen) atoms. The fourth-order valence-corrected chi connectivity index (χ4v) is 4.61. The van der Waals surface area contributed by atoms with E-state index in [0.717, 1.165) is 32.2 Å². The summed E-state index contributed by atoms with van der Waals surface area (Å²) >= 11 is 0. The van der Waals surface area contributed by atoms with Crippen molar-refractivity contribution in [2.45, 2.75) is 4.90 Å². The van der Waals surface area contributed by atoms with Gasteiger partial charge < -0.3 is 14.8 Å². The third kappa shape index (κ3) is 2.59. The molecule has 0 aliphatic carbocycles. The molecule has 0 aliphatic heterocycles. The summed E-state index contributed by atoms with van der Waals surface area (Å²) in [6, 6.07) is 16.8. The summed E-state index contributed by atoms with van der Waals surface area (Å²) in [7, 11) is -0.579. The lowest BCUT2D eigenvalue weighted by Gasteiger charge is -2.20. The van der Waals surface area contributed by atoms with Crippen LogP contribution in [0.15, 0.2) is 65.6 Å². The molecule has 0 spiro atoms. The van der Waals surface area contributed by atoms with Gasteiger partial charge in [-0.05, 0) is 36.4 Å². The molecule has 0 fully saturated rings. The summed E-state index contributed by atoms with van der Waals surface area (Å²) in [6.45, 7) is 0. The monoisotopic (exact) mass is 382 g/mol. The van der Waals surface area contributed by atoms with Gasteiger partial charge in [0.1, 0.15) is 16.4 Å². The molecule has 7 heteroatoms. The largest absolute Gasteiger partial charge is 0.508 e. The van der Waals surface area contributed by atoms with E-state index < -0.39 is 15.8 Å². The highest BCUT2D eigenvalue weighted by molar-refractivity contribution is 7.92. The van der Waals surface area contributed by atoms with Crippen LogP contribution in [0.1, 0.15) is 0 Å². The SMILES string of the molecule is CN(c1ccc2c(c1)c1ccccc1n2C)S(=O)(=O)c1ccc(O)cc1O. The maximum Gasteiger partial charge on any atom is 0.267 e. The molecule has 0 saturated heterocycles. The van der Waals surface area contributed by atoms with Crippen molar-refractivity contribution >= 4 is 37.5 Å². The van der Waals surface area contributed by atoms with Gasteiger partial charge in [0.25, 0.3) is 10.0 Å². The molecule has 0 bridgehead atoms. The molecule has 0 unspecified atom stereocenters. The quantitative estimate of drug-likeness (QED) is 0.567. The Hall–Kier alpha value is -3.19. The summed E-state index contributed by atoms with van der Waals surface area (Å²) in [4.78, 5) is -0.263. The Morgan fingerprint density at radius 2 is 1.59 bits per heavy atom. The van der Waals surface area contributed by atoms with Crippen LogP contribution in [-0.4, -0.2) is 30.2 Å². The molecular formula is C20H18N2O4S. The van der Waals surface area contributed by atoms with Crippen LogP contribution in [0.25, 0.3) is 21.8 Å². The highest BCUT2D eigenvalue weighted by Gasteiger charge is 2.25. The van der Waals surface area contributed by atoms with Gasteiger partial charge in [0.05, 0.1) is 5.69 Å². The van der Waals surface area contributed by atoms with Crippen LogP contribution in [0.3, 0.4) is 0 Å². The molecule has 4 rings (SSSR count). The van der Waals surface area contributed by atoms with Crippen LogP contribution < -0.4 is 4.31 Å². The number of aromatic nitrogens is 1. The van der Waals surface area contributed by atoms with Crippen LogP contribution in [0.2, 0.25) is 0 Å². The second kappa shape index (κ2) is 5.92. The number of phenols is 2. The molecule has 1 aromatic heterocycles. The number of nitrogens with zero attached hydrogens (tertiary/aromatic N) is 2. The number of phenolic OH excluding ortho intramolecular Hbond substituents is 2. The van der Waals surface area contributed by atoms with Crippen LogP contribution in [0.5, 0.6) is 11.5 Å². The summed E-state index contributed by atoms with van der Waals surface area (Å²) in [6.07, 6.45) is 0.